The molecular formula is C24H26N2O6. The standard InChI is InChI=1S/C24H26N2O6/c25-24(32)18-22(30)17-13(19(23(18)31)26-7-2-1-3-8-26)10-12-9-11-5-4-6-14(27)15(11)20(28)16(12)21(17)29/h4-6,12-13,19,27-30H,1-3,7-10H2,(H2,25,32). The molecule has 0 spiro atoms. The first-order valence-corrected chi connectivity index (χ1v) is 11.0. The SMILES string of the molecule is NC(=O)C1=C(O)C2=C(O)C3=C(O)c4c(O)cccc4CC3CC2C(N2CCCCC2)C1=O. The van der Waals surface area contributed by atoms with Gasteiger partial charge < -0.3 is 26.2 Å². The molecular weight excluding hydrogens is 412 g/mol. The fourth-order valence-corrected chi connectivity index (χ4v) is 5.99. The summed E-state index contributed by atoms with van der Waals surface area (Å²) in [7, 11) is 0. The van der Waals surface area contributed by atoms with Gasteiger partial charge in [0.2, 0.25) is 0 Å². The number of allylic oxidation sites excluding steroid dienone is 2. The number of hydrogen-bond acceptors (Lipinski definition) is 7. The highest BCUT2D eigenvalue weighted by molar-refractivity contribution is 6.22. The lowest BCUT2D eigenvalue weighted by atomic mass is 9.64. The summed E-state index contributed by atoms with van der Waals surface area (Å²) in [6.07, 6.45) is 3.77. The third-order valence-corrected chi connectivity index (χ3v) is 7.33. The van der Waals surface area contributed by atoms with E-state index >= 15 is 0 Å². The zero-order chi connectivity index (χ0) is 22.7. The molecule has 3 aliphatic carbocycles. The van der Waals surface area contributed by atoms with Gasteiger partial charge in [0, 0.05) is 17.1 Å². The number of aliphatic hydroxyl groups is 3. The second-order valence-electron chi connectivity index (χ2n) is 9.07. The van der Waals surface area contributed by atoms with Gasteiger partial charge in [0.05, 0.1) is 11.6 Å². The maximum atomic E-state index is 13.3. The van der Waals surface area contributed by atoms with Crippen molar-refractivity contribution >= 4 is 17.4 Å². The number of likely N-dealkylation sites (tertiary alicyclic amines) is 1. The van der Waals surface area contributed by atoms with Crippen molar-refractivity contribution in [1.29, 1.82) is 0 Å². The molecule has 0 radical (unpaired) electrons. The molecule has 1 aliphatic heterocycles. The van der Waals surface area contributed by atoms with E-state index in [4.69, 9.17) is 5.73 Å². The zero-order valence-corrected chi connectivity index (χ0v) is 17.5. The van der Waals surface area contributed by atoms with Crippen molar-refractivity contribution < 1.29 is 30.0 Å². The molecule has 168 valence electrons. The van der Waals surface area contributed by atoms with Gasteiger partial charge in [-0.1, -0.05) is 18.6 Å². The van der Waals surface area contributed by atoms with Crippen molar-refractivity contribution in [1.82, 2.24) is 4.90 Å². The van der Waals surface area contributed by atoms with Gasteiger partial charge in [0.1, 0.15) is 28.6 Å². The highest BCUT2D eigenvalue weighted by Gasteiger charge is 2.51. The molecule has 4 aliphatic rings. The molecule has 3 unspecified atom stereocenters. The molecule has 6 N–H and O–H groups in total. The molecule has 0 aromatic heterocycles. The molecule has 1 heterocycles. The summed E-state index contributed by atoms with van der Waals surface area (Å²) >= 11 is 0. The quantitative estimate of drug-likeness (QED) is 0.446. The van der Waals surface area contributed by atoms with Crippen LogP contribution in [-0.4, -0.2) is 56.1 Å². The molecule has 1 fully saturated rings. The molecule has 1 saturated heterocycles. The van der Waals surface area contributed by atoms with Crippen LogP contribution in [0.3, 0.4) is 0 Å². The van der Waals surface area contributed by atoms with E-state index in [-0.39, 0.29) is 39.9 Å². The van der Waals surface area contributed by atoms with Crippen LogP contribution in [0.2, 0.25) is 0 Å². The Balaban J connectivity index is 1.73. The van der Waals surface area contributed by atoms with Crippen molar-refractivity contribution in [2.45, 2.75) is 38.1 Å². The smallest absolute Gasteiger partial charge is 0.256 e. The summed E-state index contributed by atoms with van der Waals surface area (Å²) in [5.74, 6) is -3.70. The lowest BCUT2D eigenvalue weighted by Gasteiger charge is -2.46. The molecule has 0 bridgehead atoms. The number of hydrogen-bond donors (Lipinski definition) is 5. The number of ketones is 1. The Morgan fingerprint density at radius 1 is 0.969 bits per heavy atom. The molecule has 3 atom stereocenters. The summed E-state index contributed by atoms with van der Waals surface area (Å²) in [5.41, 5.74) is 6.24. The number of nitrogens with two attached hydrogens (primary N) is 1. The molecule has 5 rings (SSSR count). The Hall–Kier alpha value is -3.26. The molecule has 1 aromatic carbocycles. The molecule has 8 heteroatoms. The van der Waals surface area contributed by atoms with Crippen LogP contribution in [0.1, 0.15) is 36.8 Å². The Bertz CT molecular complexity index is 1130. The van der Waals surface area contributed by atoms with Crippen LogP contribution in [0, 0.1) is 11.8 Å². The van der Waals surface area contributed by atoms with E-state index in [1.807, 2.05) is 11.0 Å². The lowest BCUT2D eigenvalue weighted by Crippen LogP contribution is -2.54. The number of rotatable bonds is 2. The molecule has 32 heavy (non-hydrogen) atoms. The topological polar surface area (TPSA) is 144 Å². The predicted molar refractivity (Wildman–Crippen MR) is 116 cm³/mol. The highest BCUT2D eigenvalue weighted by Crippen LogP contribution is 2.51. The van der Waals surface area contributed by atoms with Crippen LogP contribution in [-0.2, 0) is 16.0 Å². The molecule has 0 saturated carbocycles. The summed E-state index contributed by atoms with van der Waals surface area (Å²) in [6.45, 7) is 1.37. The number of nitrogens with zero attached hydrogens (tertiary/aromatic N) is 1. The predicted octanol–water partition coefficient (Wildman–Crippen LogP) is 2.40. The third kappa shape index (κ3) is 2.86. The van der Waals surface area contributed by atoms with Gasteiger partial charge in [-0.05, 0) is 56.3 Å². The average molecular weight is 438 g/mol. The second kappa shape index (κ2) is 7.41. The normalized spacial score (nSPS) is 28.4. The summed E-state index contributed by atoms with van der Waals surface area (Å²) in [5, 5.41) is 43.4. The first-order valence-electron chi connectivity index (χ1n) is 11.0. The highest BCUT2D eigenvalue weighted by atomic mass is 16.3. The van der Waals surface area contributed by atoms with Gasteiger partial charge >= 0.3 is 0 Å². The van der Waals surface area contributed by atoms with Crippen LogP contribution in [0.25, 0.3) is 5.76 Å². The van der Waals surface area contributed by atoms with Crippen molar-refractivity contribution in [3.05, 3.63) is 57.6 Å². The van der Waals surface area contributed by atoms with Gasteiger partial charge in [0.25, 0.3) is 5.91 Å². The van der Waals surface area contributed by atoms with Crippen LogP contribution >= 0.6 is 0 Å². The van der Waals surface area contributed by atoms with Gasteiger partial charge in [-0.25, -0.2) is 0 Å². The number of benzene rings is 1. The Morgan fingerprint density at radius 3 is 2.38 bits per heavy atom. The van der Waals surface area contributed by atoms with Crippen molar-refractivity contribution in [3.63, 3.8) is 0 Å². The largest absolute Gasteiger partial charge is 0.507 e. The average Bonchev–Trinajstić information content (AvgIpc) is 2.74. The molecule has 1 aromatic rings. The van der Waals surface area contributed by atoms with Crippen LogP contribution in [0.15, 0.2) is 46.4 Å². The van der Waals surface area contributed by atoms with Gasteiger partial charge in [0.15, 0.2) is 5.78 Å². The van der Waals surface area contributed by atoms with E-state index in [9.17, 15) is 30.0 Å². The van der Waals surface area contributed by atoms with Crippen LogP contribution in [0.5, 0.6) is 5.75 Å². The molecule has 8 nitrogen and oxygen atoms in total. The van der Waals surface area contributed by atoms with E-state index in [0.29, 0.717) is 25.9 Å². The van der Waals surface area contributed by atoms with Gasteiger partial charge in [-0.2, -0.15) is 0 Å². The van der Waals surface area contributed by atoms with Gasteiger partial charge in [-0.15, -0.1) is 0 Å². The number of carbonyl (C=O) groups is 2. The van der Waals surface area contributed by atoms with Crippen LogP contribution in [0.4, 0.5) is 0 Å². The number of aliphatic hydroxyl groups excluding tert-OH is 3. The first kappa shape index (κ1) is 20.6. The fourth-order valence-electron chi connectivity index (χ4n) is 5.99. The minimum absolute atomic E-state index is 0.0747. The van der Waals surface area contributed by atoms with E-state index in [1.54, 1.807) is 6.07 Å². The van der Waals surface area contributed by atoms with Crippen molar-refractivity contribution in [2.24, 2.45) is 17.6 Å². The van der Waals surface area contributed by atoms with E-state index in [2.05, 4.69) is 0 Å². The van der Waals surface area contributed by atoms with E-state index in [0.717, 1.165) is 24.8 Å². The maximum Gasteiger partial charge on any atom is 0.256 e. The fraction of sp³-hybridized carbons (Fsp3) is 0.417. The number of phenolic OH excluding ortho intramolecular Hbond substituents is 1. The van der Waals surface area contributed by atoms with Crippen LogP contribution < -0.4 is 5.73 Å². The molecule has 1 amide bonds. The number of primary amides is 1. The minimum Gasteiger partial charge on any atom is -0.507 e. The summed E-state index contributed by atoms with van der Waals surface area (Å²) in [6, 6.07) is 4.26. The zero-order valence-electron chi connectivity index (χ0n) is 17.5. The Morgan fingerprint density at radius 2 is 1.69 bits per heavy atom. The third-order valence-electron chi connectivity index (χ3n) is 7.33. The second-order valence-corrected chi connectivity index (χ2v) is 9.07. The number of amides is 1. The number of Topliss-reactive ketones (excluding diaryl/α,β-unsaturated/α-hetero) is 1. The van der Waals surface area contributed by atoms with Crippen molar-refractivity contribution in [3.8, 4) is 5.75 Å². The summed E-state index contributed by atoms with van der Waals surface area (Å²) < 4.78 is 0. The van der Waals surface area contributed by atoms with Gasteiger partial charge in [-0.3, -0.25) is 14.5 Å². The first-order chi connectivity index (χ1) is 15.3. The lowest BCUT2D eigenvalue weighted by molar-refractivity contribution is -0.127. The number of carbonyl (C=O) groups excluding carboxylic acids is 2. The maximum absolute atomic E-state index is 13.3. The number of phenols is 1. The number of piperidine rings is 1. The Labute approximate surface area is 185 Å². The van der Waals surface area contributed by atoms with Crippen molar-refractivity contribution in [2.75, 3.05) is 13.1 Å². The Kier molecular flexibility index (Phi) is 4.78. The van der Waals surface area contributed by atoms with E-state index in [1.165, 1.54) is 6.07 Å². The van der Waals surface area contributed by atoms with E-state index < -0.39 is 35.0 Å². The monoisotopic (exact) mass is 438 g/mol. The number of aromatic hydroxyl groups is 1. The summed E-state index contributed by atoms with van der Waals surface area (Å²) in [4.78, 5) is 27.5. The number of fused-ring (bicyclic) bond motifs is 3. The minimum atomic E-state index is -1.04.